The number of carbonyl (C=O) groups is 1. The highest BCUT2D eigenvalue weighted by Gasteiger charge is 2.19. The van der Waals surface area contributed by atoms with Gasteiger partial charge in [0.2, 0.25) is 0 Å². The molecule has 3 rings (SSSR count). The summed E-state index contributed by atoms with van der Waals surface area (Å²) in [6.07, 6.45) is 1.85. The zero-order chi connectivity index (χ0) is 17.1. The minimum absolute atomic E-state index is 0.308. The van der Waals surface area contributed by atoms with Gasteiger partial charge in [-0.3, -0.25) is 4.79 Å². The molecule has 0 radical (unpaired) electrons. The van der Waals surface area contributed by atoms with E-state index < -0.39 is 0 Å². The van der Waals surface area contributed by atoms with Crippen molar-refractivity contribution in [3.8, 4) is 17.1 Å². The first kappa shape index (κ1) is 16.5. The zero-order valence-electron chi connectivity index (χ0n) is 13.1. The normalized spacial score (nSPS) is 10.6. The second-order valence-electron chi connectivity index (χ2n) is 4.85. The molecule has 0 unspecified atom stereocenters. The van der Waals surface area contributed by atoms with E-state index in [2.05, 4.69) is 10.1 Å². The fourth-order valence-electron chi connectivity index (χ4n) is 2.17. The molecular formula is C17H14ClN3O2S. The summed E-state index contributed by atoms with van der Waals surface area (Å²) >= 11 is 7.47. The van der Waals surface area contributed by atoms with Crippen LogP contribution in [-0.2, 0) is 0 Å². The third-order valence-corrected chi connectivity index (χ3v) is 4.36. The molecule has 0 spiro atoms. The highest BCUT2D eigenvalue weighted by atomic mass is 35.5. The number of methoxy groups -OCH3 is 1. The molecule has 7 heteroatoms. The molecule has 2 aromatic carbocycles. The molecule has 0 atom stereocenters. The Hall–Kier alpha value is -2.31. The summed E-state index contributed by atoms with van der Waals surface area (Å²) in [6, 6.07) is 14.2. The standard InChI is InChI=1S/C17H14ClN3O2S/c1-23-12-9-7-11(8-10-12)15-19-17(24-2)21(20-15)16(22)13-5-3-4-6-14(13)18/h3-10H,1-2H3. The van der Waals surface area contributed by atoms with E-state index in [-0.39, 0.29) is 5.91 Å². The zero-order valence-corrected chi connectivity index (χ0v) is 14.6. The Morgan fingerprint density at radius 1 is 1.17 bits per heavy atom. The number of thioether (sulfide) groups is 1. The van der Waals surface area contributed by atoms with Crippen LogP contribution in [0.2, 0.25) is 5.02 Å². The van der Waals surface area contributed by atoms with E-state index in [1.54, 1.807) is 31.4 Å². The summed E-state index contributed by atoms with van der Waals surface area (Å²) in [5.74, 6) is 0.912. The van der Waals surface area contributed by atoms with Crippen LogP contribution in [0.5, 0.6) is 5.75 Å². The fourth-order valence-corrected chi connectivity index (χ4v) is 2.86. The van der Waals surface area contributed by atoms with E-state index in [4.69, 9.17) is 16.3 Å². The van der Waals surface area contributed by atoms with Gasteiger partial charge in [-0.1, -0.05) is 35.5 Å². The molecule has 0 amide bonds. The topological polar surface area (TPSA) is 57.0 Å². The largest absolute Gasteiger partial charge is 0.497 e. The molecule has 5 nitrogen and oxygen atoms in total. The van der Waals surface area contributed by atoms with Gasteiger partial charge < -0.3 is 4.74 Å². The van der Waals surface area contributed by atoms with E-state index in [9.17, 15) is 4.79 Å². The van der Waals surface area contributed by atoms with Crippen molar-refractivity contribution in [2.75, 3.05) is 13.4 Å². The average molecular weight is 360 g/mol. The Kier molecular flexibility index (Phi) is 4.87. The quantitative estimate of drug-likeness (QED) is 0.658. The van der Waals surface area contributed by atoms with Gasteiger partial charge in [0.15, 0.2) is 11.0 Å². The van der Waals surface area contributed by atoms with Crippen LogP contribution in [-0.4, -0.2) is 34.0 Å². The average Bonchev–Trinajstić information content (AvgIpc) is 3.06. The Balaban J connectivity index is 2.01. The molecule has 3 aromatic rings. The number of aromatic nitrogens is 3. The SMILES string of the molecule is COc1ccc(-c2nc(SC)n(C(=O)c3ccccc3Cl)n2)cc1. The predicted molar refractivity (Wildman–Crippen MR) is 95.0 cm³/mol. The number of hydrogen-bond acceptors (Lipinski definition) is 5. The first-order chi connectivity index (χ1) is 11.6. The van der Waals surface area contributed by atoms with E-state index in [0.29, 0.717) is 21.6 Å². The van der Waals surface area contributed by atoms with Crippen LogP contribution in [0.3, 0.4) is 0 Å². The molecule has 0 aliphatic rings. The van der Waals surface area contributed by atoms with Gasteiger partial charge in [-0.15, -0.1) is 5.10 Å². The third kappa shape index (κ3) is 3.16. The van der Waals surface area contributed by atoms with E-state index in [1.165, 1.54) is 16.4 Å². The lowest BCUT2D eigenvalue weighted by Crippen LogP contribution is -2.15. The number of ether oxygens (including phenoxy) is 1. The number of nitrogens with zero attached hydrogens (tertiary/aromatic N) is 3. The van der Waals surface area contributed by atoms with Crippen LogP contribution in [0.15, 0.2) is 53.7 Å². The molecular weight excluding hydrogens is 346 g/mol. The molecule has 0 N–H and O–H groups in total. The van der Waals surface area contributed by atoms with Gasteiger partial charge in [0.05, 0.1) is 17.7 Å². The summed E-state index contributed by atoms with van der Waals surface area (Å²) in [4.78, 5) is 17.2. The first-order valence-corrected chi connectivity index (χ1v) is 8.69. The van der Waals surface area contributed by atoms with Crippen LogP contribution in [0.4, 0.5) is 0 Å². The minimum atomic E-state index is -0.308. The molecule has 122 valence electrons. The summed E-state index contributed by atoms with van der Waals surface area (Å²) in [7, 11) is 1.61. The second kappa shape index (κ2) is 7.07. The molecule has 0 aliphatic heterocycles. The summed E-state index contributed by atoms with van der Waals surface area (Å²) < 4.78 is 6.43. The van der Waals surface area contributed by atoms with Gasteiger partial charge >= 0.3 is 0 Å². The molecule has 0 bridgehead atoms. The van der Waals surface area contributed by atoms with Gasteiger partial charge in [0.1, 0.15) is 5.75 Å². The van der Waals surface area contributed by atoms with Crippen molar-refractivity contribution in [3.63, 3.8) is 0 Å². The van der Waals surface area contributed by atoms with E-state index in [0.717, 1.165) is 11.3 Å². The number of halogens is 1. The highest BCUT2D eigenvalue weighted by molar-refractivity contribution is 7.98. The lowest BCUT2D eigenvalue weighted by molar-refractivity contribution is 0.0934. The van der Waals surface area contributed by atoms with Crippen LogP contribution in [0, 0.1) is 0 Å². The monoisotopic (exact) mass is 359 g/mol. The summed E-state index contributed by atoms with van der Waals surface area (Å²) in [5.41, 5.74) is 1.19. The molecule has 1 aromatic heterocycles. The molecule has 0 fully saturated rings. The minimum Gasteiger partial charge on any atom is -0.497 e. The van der Waals surface area contributed by atoms with Gasteiger partial charge in [-0.2, -0.15) is 4.68 Å². The Morgan fingerprint density at radius 2 is 1.88 bits per heavy atom. The maximum Gasteiger partial charge on any atom is 0.282 e. The van der Waals surface area contributed by atoms with E-state index in [1.807, 2.05) is 30.5 Å². The maximum absolute atomic E-state index is 12.7. The second-order valence-corrected chi connectivity index (χ2v) is 6.03. The highest BCUT2D eigenvalue weighted by Crippen LogP contribution is 2.24. The van der Waals surface area contributed by atoms with E-state index >= 15 is 0 Å². The molecule has 0 saturated carbocycles. The molecule has 24 heavy (non-hydrogen) atoms. The first-order valence-electron chi connectivity index (χ1n) is 7.08. The van der Waals surface area contributed by atoms with Crippen LogP contribution in [0.1, 0.15) is 10.4 Å². The number of hydrogen-bond donors (Lipinski definition) is 0. The van der Waals surface area contributed by atoms with Gasteiger partial charge in [-0.05, 0) is 42.7 Å². The number of rotatable bonds is 4. The molecule has 1 heterocycles. The Labute approximate surface area is 148 Å². The van der Waals surface area contributed by atoms with Crippen LogP contribution in [0.25, 0.3) is 11.4 Å². The fraction of sp³-hybridized carbons (Fsp3) is 0.118. The number of benzene rings is 2. The van der Waals surface area contributed by atoms with Crippen molar-refractivity contribution < 1.29 is 9.53 Å². The Morgan fingerprint density at radius 3 is 2.50 bits per heavy atom. The number of carbonyl (C=O) groups excluding carboxylic acids is 1. The van der Waals surface area contributed by atoms with Crippen molar-refractivity contribution in [2.45, 2.75) is 5.16 Å². The maximum atomic E-state index is 12.7. The summed E-state index contributed by atoms with van der Waals surface area (Å²) in [5, 5.41) is 5.25. The van der Waals surface area contributed by atoms with Crippen molar-refractivity contribution in [1.29, 1.82) is 0 Å². The van der Waals surface area contributed by atoms with Crippen molar-refractivity contribution in [3.05, 3.63) is 59.1 Å². The van der Waals surface area contributed by atoms with Gasteiger partial charge in [-0.25, -0.2) is 4.98 Å². The van der Waals surface area contributed by atoms with Crippen molar-refractivity contribution >= 4 is 29.3 Å². The predicted octanol–water partition coefficient (Wildman–Crippen LogP) is 4.02. The third-order valence-electron chi connectivity index (χ3n) is 3.40. The molecule has 0 aliphatic carbocycles. The van der Waals surface area contributed by atoms with Crippen molar-refractivity contribution in [2.24, 2.45) is 0 Å². The van der Waals surface area contributed by atoms with Crippen LogP contribution < -0.4 is 4.74 Å². The summed E-state index contributed by atoms with van der Waals surface area (Å²) in [6.45, 7) is 0. The van der Waals surface area contributed by atoms with Crippen molar-refractivity contribution in [1.82, 2.24) is 14.8 Å². The van der Waals surface area contributed by atoms with Crippen LogP contribution >= 0.6 is 23.4 Å². The Bertz CT molecular complexity index is 878. The molecule has 0 saturated heterocycles. The van der Waals surface area contributed by atoms with Gasteiger partial charge in [0, 0.05) is 5.56 Å². The van der Waals surface area contributed by atoms with Gasteiger partial charge in [0.25, 0.3) is 5.91 Å². The lowest BCUT2D eigenvalue weighted by Gasteiger charge is -2.04. The smallest absolute Gasteiger partial charge is 0.282 e. The lowest BCUT2D eigenvalue weighted by atomic mass is 10.2.